The molecule has 0 aliphatic heterocycles. The molecule has 3 aromatic carbocycles. The molecule has 0 radical (unpaired) electrons. The van der Waals surface area contributed by atoms with Crippen molar-refractivity contribution in [3.63, 3.8) is 0 Å². The van der Waals surface area contributed by atoms with Gasteiger partial charge >= 0.3 is 0 Å². The molecular weight excluding hydrogens is 718 g/mol. The summed E-state index contributed by atoms with van der Waals surface area (Å²) in [6, 6.07) is 36.1. The molecule has 2 aromatic heterocycles. The van der Waals surface area contributed by atoms with Gasteiger partial charge < -0.3 is 14.9 Å². The minimum atomic E-state index is 0.0496. The third-order valence-electron chi connectivity index (χ3n) is 10.1. The van der Waals surface area contributed by atoms with Gasteiger partial charge in [0.05, 0.1) is 15.1 Å². The summed E-state index contributed by atoms with van der Waals surface area (Å²) in [5, 5.41) is 0. The Hall–Kier alpha value is -3.02. The van der Waals surface area contributed by atoms with Gasteiger partial charge in [-0.3, -0.25) is 0 Å². The normalized spacial score (nSPS) is 12.2. The number of rotatable bonds is 16. The van der Waals surface area contributed by atoms with E-state index in [-0.39, 0.29) is 16.7 Å². The molecule has 3 nitrogen and oxygen atoms in total. The Balaban J connectivity index is 1.51. The van der Waals surface area contributed by atoms with E-state index < -0.39 is 0 Å². The number of halogens is 2. The first-order valence-electron chi connectivity index (χ1n) is 17.8. The lowest BCUT2D eigenvalue weighted by atomic mass is 9.80. The zero-order valence-corrected chi connectivity index (χ0v) is 32.8. The summed E-state index contributed by atoms with van der Waals surface area (Å²) in [6.07, 6.45) is 10.0. The minimum Gasteiger partial charge on any atom is -0.352 e. The lowest BCUT2D eigenvalue weighted by molar-refractivity contribution is 0.450. The second-order valence-electron chi connectivity index (χ2n) is 14.7. The fourth-order valence-electron chi connectivity index (χ4n) is 6.94. The molecule has 0 saturated carbocycles. The van der Waals surface area contributed by atoms with Crippen LogP contribution in [0.3, 0.4) is 0 Å². The Labute approximate surface area is 306 Å². The van der Waals surface area contributed by atoms with E-state index >= 15 is 0 Å². The van der Waals surface area contributed by atoms with Crippen LogP contribution in [-0.4, -0.2) is 9.97 Å². The molecule has 5 aromatic rings. The molecule has 0 saturated heterocycles. The molecule has 2 N–H and O–H groups in total. The van der Waals surface area contributed by atoms with Crippen LogP contribution < -0.4 is 4.90 Å². The highest BCUT2D eigenvalue weighted by atomic mass is 79.9. The lowest BCUT2D eigenvalue weighted by Crippen LogP contribution is -2.18. The van der Waals surface area contributed by atoms with E-state index in [2.05, 4.69) is 185 Å². The van der Waals surface area contributed by atoms with Crippen molar-refractivity contribution < 1.29 is 0 Å². The Bertz CT molecular complexity index is 1600. The van der Waals surface area contributed by atoms with Crippen LogP contribution in [0.4, 0.5) is 17.1 Å². The predicted molar refractivity (Wildman–Crippen MR) is 213 cm³/mol. The first-order valence-corrected chi connectivity index (χ1v) is 19.4. The average Bonchev–Trinajstić information content (AvgIpc) is 3.70. The number of aromatic amines is 2. The van der Waals surface area contributed by atoms with Crippen molar-refractivity contribution in [1.82, 2.24) is 9.97 Å². The average molecular weight is 772 g/mol. The van der Waals surface area contributed by atoms with E-state index in [1.54, 1.807) is 0 Å². The van der Waals surface area contributed by atoms with Crippen LogP contribution in [0.25, 0.3) is 0 Å². The Kier molecular flexibility index (Phi) is 12.2. The predicted octanol–water partition coefficient (Wildman–Crippen LogP) is 14.2. The fourth-order valence-corrected chi connectivity index (χ4v) is 7.66. The number of nitrogens with one attached hydrogen (secondary N) is 2. The van der Waals surface area contributed by atoms with E-state index in [9.17, 15) is 0 Å². The third kappa shape index (κ3) is 8.76. The summed E-state index contributed by atoms with van der Waals surface area (Å²) in [7, 11) is 0. The number of nitrogens with zero attached hydrogens (tertiary/aromatic N) is 1. The van der Waals surface area contributed by atoms with E-state index in [0.29, 0.717) is 0 Å². The van der Waals surface area contributed by atoms with Gasteiger partial charge in [0, 0.05) is 28.5 Å². The Morgan fingerprint density at radius 3 is 1.23 bits per heavy atom. The van der Waals surface area contributed by atoms with Crippen LogP contribution in [0.5, 0.6) is 0 Å². The van der Waals surface area contributed by atoms with Crippen molar-refractivity contribution in [1.29, 1.82) is 0 Å². The first-order chi connectivity index (χ1) is 23.0. The van der Waals surface area contributed by atoms with Crippen LogP contribution in [0, 0.1) is 0 Å². The van der Waals surface area contributed by atoms with Gasteiger partial charge in [0.25, 0.3) is 0 Å². The maximum atomic E-state index is 3.62. The SMILES string of the molecule is CCCCCC(C)(C)c1ccc(N(c2ccc(C(c3ccc(Br)[nH]3)c3ccc(Br)[nH]3)cc2)c2ccc(C(C)(C)CCCCC)cc2)cc1. The highest BCUT2D eigenvalue weighted by molar-refractivity contribution is 9.10. The highest BCUT2D eigenvalue weighted by Gasteiger charge is 2.24. The molecule has 48 heavy (non-hydrogen) atoms. The van der Waals surface area contributed by atoms with Crippen molar-refractivity contribution in [3.05, 3.63) is 134 Å². The van der Waals surface area contributed by atoms with E-state index in [0.717, 1.165) is 26.3 Å². The van der Waals surface area contributed by atoms with E-state index in [4.69, 9.17) is 0 Å². The topological polar surface area (TPSA) is 34.8 Å². The molecule has 254 valence electrons. The molecule has 5 rings (SSSR count). The molecule has 0 spiro atoms. The number of hydrogen-bond acceptors (Lipinski definition) is 1. The van der Waals surface area contributed by atoms with Crippen molar-refractivity contribution in [2.24, 2.45) is 0 Å². The second kappa shape index (κ2) is 16.1. The van der Waals surface area contributed by atoms with Crippen LogP contribution in [0.15, 0.2) is 106 Å². The number of unbranched alkanes of at least 4 members (excludes halogenated alkanes) is 4. The maximum Gasteiger partial charge on any atom is 0.0822 e. The molecule has 0 aliphatic carbocycles. The van der Waals surface area contributed by atoms with Gasteiger partial charge in [-0.15, -0.1) is 0 Å². The number of hydrogen-bond donors (Lipinski definition) is 2. The number of aromatic nitrogens is 2. The smallest absolute Gasteiger partial charge is 0.0822 e. The number of benzene rings is 3. The first kappa shape index (κ1) is 36.3. The van der Waals surface area contributed by atoms with Gasteiger partial charge in [-0.25, -0.2) is 0 Å². The van der Waals surface area contributed by atoms with Crippen LogP contribution in [0.1, 0.15) is 127 Å². The van der Waals surface area contributed by atoms with Gasteiger partial charge in [0.15, 0.2) is 0 Å². The fraction of sp³-hybridized carbons (Fsp3) is 0.395. The Morgan fingerprint density at radius 2 is 0.896 bits per heavy atom. The number of anilines is 3. The second-order valence-corrected chi connectivity index (χ2v) is 16.4. The molecule has 0 atom stereocenters. The summed E-state index contributed by atoms with van der Waals surface area (Å²) in [4.78, 5) is 9.42. The van der Waals surface area contributed by atoms with Crippen LogP contribution >= 0.6 is 31.9 Å². The van der Waals surface area contributed by atoms with Crippen molar-refractivity contribution in [3.8, 4) is 0 Å². The van der Waals surface area contributed by atoms with Gasteiger partial charge in [0.2, 0.25) is 0 Å². The van der Waals surface area contributed by atoms with E-state index in [1.165, 1.54) is 79.4 Å². The van der Waals surface area contributed by atoms with E-state index in [1.807, 2.05) is 0 Å². The summed E-state index contributed by atoms with van der Waals surface area (Å²) in [5.74, 6) is 0.0496. The molecule has 2 heterocycles. The molecule has 5 heteroatoms. The van der Waals surface area contributed by atoms with Crippen molar-refractivity contribution in [2.45, 2.75) is 110 Å². The molecule has 0 unspecified atom stereocenters. The van der Waals surface area contributed by atoms with Gasteiger partial charge in [-0.1, -0.05) is 116 Å². The summed E-state index contributed by atoms with van der Waals surface area (Å²) in [5.41, 5.74) is 10.1. The van der Waals surface area contributed by atoms with Crippen molar-refractivity contribution in [2.75, 3.05) is 4.90 Å². The quantitative estimate of drug-likeness (QED) is 0.0963. The zero-order chi connectivity index (χ0) is 34.3. The van der Waals surface area contributed by atoms with Gasteiger partial charge in [-0.2, -0.15) is 0 Å². The minimum absolute atomic E-state index is 0.0496. The molecule has 0 fully saturated rings. The summed E-state index contributed by atoms with van der Waals surface area (Å²) < 4.78 is 1.95. The largest absolute Gasteiger partial charge is 0.352 e. The molecule has 0 bridgehead atoms. The summed E-state index contributed by atoms with van der Waals surface area (Å²) >= 11 is 7.23. The lowest BCUT2D eigenvalue weighted by Gasteiger charge is -2.30. The Morgan fingerprint density at radius 1 is 0.521 bits per heavy atom. The highest BCUT2D eigenvalue weighted by Crippen LogP contribution is 2.40. The maximum absolute atomic E-state index is 3.62. The monoisotopic (exact) mass is 769 g/mol. The van der Waals surface area contributed by atoms with Gasteiger partial charge in [-0.05, 0) is 133 Å². The molecular formula is C43H53Br2N3. The number of H-pyrrole nitrogens is 2. The standard InChI is InChI=1S/C43H53Br2N3/c1-7-9-11-29-42(3,4)32-15-21-35(22-16-32)48(36-23-17-33(18-24-36)43(5,6)30-12-10-8-2)34-19-13-31(14-20-34)41(37-25-27-39(44)46-37)38-26-28-40(45)47-38/h13-28,41,46-47H,7-12,29-30H2,1-6H3. The molecule has 0 amide bonds. The summed E-state index contributed by atoms with van der Waals surface area (Å²) in [6.45, 7) is 14.1. The van der Waals surface area contributed by atoms with Crippen LogP contribution in [0.2, 0.25) is 0 Å². The van der Waals surface area contributed by atoms with Gasteiger partial charge in [0.1, 0.15) is 0 Å². The third-order valence-corrected chi connectivity index (χ3v) is 11.0. The zero-order valence-electron chi connectivity index (χ0n) is 29.7. The van der Waals surface area contributed by atoms with Crippen molar-refractivity contribution >= 4 is 48.9 Å². The van der Waals surface area contributed by atoms with Crippen LogP contribution in [-0.2, 0) is 10.8 Å². The molecule has 0 aliphatic rings.